The van der Waals surface area contributed by atoms with Crippen molar-refractivity contribution in [2.24, 2.45) is 0 Å². The molecule has 2 heterocycles. The highest BCUT2D eigenvalue weighted by molar-refractivity contribution is 6.35. The van der Waals surface area contributed by atoms with Gasteiger partial charge in [0.1, 0.15) is 5.52 Å². The normalized spacial score (nSPS) is 11.4. The predicted molar refractivity (Wildman–Crippen MR) is 82.2 cm³/mol. The largest absolute Gasteiger partial charge is 0.265 e. The zero-order chi connectivity index (χ0) is 14.1. The molecule has 20 heavy (non-hydrogen) atoms. The van der Waals surface area contributed by atoms with E-state index in [0.717, 1.165) is 16.6 Å². The molecule has 3 rings (SSSR count). The Kier molecular flexibility index (Phi) is 3.45. The maximum Gasteiger partial charge on any atom is 0.111 e. The lowest BCUT2D eigenvalue weighted by molar-refractivity contribution is 0.681. The number of halogens is 1. The summed E-state index contributed by atoms with van der Waals surface area (Å²) in [4.78, 5) is 4.32. The molecular weight excluding hydrogens is 270 g/mol. The lowest BCUT2D eigenvalue weighted by Crippen LogP contribution is -2.01. The first-order chi connectivity index (χ1) is 9.63. The Morgan fingerprint density at radius 2 is 2.10 bits per heavy atom. The Labute approximate surface area is 123 Å². The first kappa shape index (κ1) is 13.1. The van der Waals surface area contributed by atoms with Crippen LogP contribution in [0.5, 0.6) is 0 Å². The molecule has 0 spiro atoms. The van der Waals surface area contributed by atoms with E-state index in [2.05, 4.69) is 30.0 Å². The van der Waals surface area contributed by atoms with Gasteiger partial charge < -0.3 is 0 Å². The van der Waals surface area contributed by atoms with Gasteiger partial charge in [0.15, 0.2) is 0 Å². The van der Waals surface area contributed by atoms with E-state index in [1.807, 2.05) is 35.1 Å². The summed E-state index contributed by atoms with van der Waals surface area (Å²) in [6, 6.07) is 10.1. The topological polar surface area (TPSA) is 30.7 Å². The van der Waals surface area contributed by atoms with Crippen molar-refractivity contribution in [3.63, 3.8) is 0 Å². The third-order valence-electron chi connectivity index (χ3n) is 3.35. The lowest BCUT2D eigenvalue weighted by Gasteiger charge is -2.05. The number of benzene rings is 1. The summed E-state index contributed by atoms with van der Waals surface area (Å²) in [5, 5.41) is 6.35. The van der Waals surface area contributed by atoms with E-state index in [4.69, 9.17) is 11.6 Å². The second-order valence-electron chi connectivity index (χ2n) is 5.24. The van der Waals surface area contributed by atoms with Crippen LogP contribution in [0.4, 0.5) is 0 Å². The summed E-state index contributed by atoms with van der Waals surface area (Å²) in [7, 11) is 0. The maximum atomic E-state index is 6.33. The number of aromatic nitrogens is 3. The molecular formula is C16H16ClN3. The van der Waals surface area contributed by atoms with Crippen molar-refractivity contribution >= 4 is 22.5 Å². The van der Waals surface area contributed by atoms with Crippen molar-refractivity contribution in [3.8, 4) is 0 Å². The van der Waals surface area contributed by atoms with Gasteiger partial charge in [-0.05, 0) is 35.7 Å². The molecule has 0 N–H and O–H groups in total. The zero-order valence-electron chi connectivity index (χ0n) is 11.5. The van der Waals surface area contributed by atoms with Crippen LogP contribution < -0.4 is 0 Å². The molecule has 0 atom stereocenters. The van der Waals surface area contributed by atoms with Gasteiger partial charge in [-0.3, -0.25) is 9.67 Å². The van der Waals surface area contributed by atoms with Crippen LogP contribution >= 0.6 is 11.6 Å². The fourth-order valence-electron chi connectivity index (χ4n) is 2.24. The Balaban J connectivity index is 2.00. The van der Waals surface area contributed by atoms with Crippen LogP contribution in [0.3, 0.4) is 0 Å². The average Bonchev–Trinajstić information content (AvgIpc) is 2.83. The summed E-state index contributed by atoms with van der Waals surface area (Å²) in [6.07, 6.45) is 3.82. The number of hydrogen-bond donors (Lipinski definition) is 0. The van der Waals surface area contributed by atoms with E-state index in [-0.39, 0.29) is 0 Å². The fourth-order valence-corrected chi connectivity index (χ4v) is 2.51. The molecule has 0 radical (unpaired) electrons. The first-order valence-electron chi connectivity index (χ1n) is 6.70. The van der Waals surface area contributed by atoms with Gasteiger partial charge in [-0.15, -0.1) is 0 Å². The summed E-state index contributed by atoms with van der Waals surface area (Å²) >= 11 is 6.33. The summed E-state index contributed by atoms with van der Waals surface area (Å²) in [6.45, 7) is 4.98. The second-order valence-corrected chi connectivity index (χ2v) is 5.65. The van der Waals surface area contributed by atoms with Gasteiger partial charge in [-0.2, -0.15) is 5.10 Å². The van der Waals surface area contributed by atoms with E-state index in [9.17, 15) is 0 Å². The minimum atomic E-state index is 0.455. The third kappa shape index (κ3) is 2.54. The first-order valence-corrected chi connectivity index (χ1v) is 7.08. The molecule has 1 aromatic carbocycles. The molecule has 0 saturated carbocycles. The van der Waals surface area contributed by atoms with Gasteiger partial charge in [-0.25, -0.2) is 0 Å². The van der Waals surface area contributed by atoms with Gasteiger partial charge in [0.25, 0.3) is 0 Å². The minimum absolute atomic E-state index is 0.455. The highest BCUT2D eigenvalue weighted by Gasteiger charge is 2.09. The van der Waals surface area contributed by atoms with Gasteiger partial charge in [0.2, 0.25) is 0 Å². The van der Waals surface area contributed by atoms with Crippen LogP contribution in [0.1, 0.15) is 31.0 Å². The quantitative estimate of drug-likeness (QED) is 0.720. The number of pyridine rings is 1. The molecule has 0 aliphatic rings. The molecule has 0 unspecified atom stereocenters. The Bertz CT molecular complexity index is 732. The van der Waals surface area contributed by atoms with E-state index in [0.29, 0.717) is 17.5 Å². The Hall–Kier alpha value is -1.87. The Morgan fingerprint density at radius 1 is 1.25 bits per heavy atom. The second kappa shape index (κ2) is 5.25. The lowest BCUT2D eigenvalue weighted by atomic mass is 10.0. The molecule has 3 aromatic rings. The van der Waals surface area contributed by atoms with Crippen molar-refractivity contribution in [3.05, 3.63) is 59.0 Å². The van der Waals surface area contributed by atoms with Gasteiger partial charge in [0.05, 0.1) is 17.3 Å². The zero-order valence-corrected chi connectivity index (χ0v) is 12.3. The number of fused-ring (bicyclic) bond motifs is 1. The molecule has 0 aliphatic carbocycles. The van der Waals surface area contributed by atoms with Crippen molar-refractivity contribution in [1.29, 1.82) is 0 Å². The van der Waals surface area contributed by atoms with E-state index in [1.165, 1.54) is 5.56 Å². The smallest absolute Gasteiger partial charge is 0.111 e. The third-order valence-corrected chi connectivity index (χ3v) is 3.64. The van der Waals surface area contributed by atoms with Gasteiger partial charge in [0, 0.05) is 17.8 Å². The van der Waals surface area contributed by atoms with Crippen molar-refractivity contribution in [2.45, 2.75) is 26.3 Å². The SMILES string of the molecule is CC(C)c1cc(Cl)c2nn(Cc3ccccn3)cc2c1. The summed E-state index contributed by atoms with van der Waals surface area (Å²) < 4.78 is 1.89. The van der Waals surface area contributed by atoms with Crippen LogP contribution in [-0.4, -0.2) is 14.8 Å². The molecule has 3 nitrogen and oxygen atoms in total. The molecule has 2 aromatic heterocycles. The monoisotopic (exact) mass is 285 g/mol. The van der Waals surface area contributed by atoms with Crippen molar-refractivity contribution < 1.29 is 0 Å². The minimum Gasteiger partial charge on any atom is -0.265 e. The van der Waals surface area contributed by atoms with Crippen molar-refractivity contribution in [2.75, 3.05) is 0 Å². The molecule has 0 aliphatic heterocycles. The van der Waals surface area contributed by atoms with Gasteiger partial charge >= 0.3 is 0 Å². The van der Waals surface area contributed by atoms with Crippen LogP contribution in [0.25, 0.3) is 10.9 Å². The van der Waals surface area contributed by atoms with Crippen LogP contribution in [0, 0.1) is 0 Å². The average molecular weight is 286 g/mol. The highest BCUT2D eigenvalue weighted by Crippen LogP contribution is 2.27. The van der Waals surface area contributed by atoms with Crippen molar-refractivity contribution in [1.82, 2.24) is 14.8 Å². The van der Waals surface area contributed by atoms with Gasteiger partial charge in [-0.1, -0.05) is 31.5 Å². The molecule has 0 fully saturated rings. The standard InChI is InChI=1S/C16H16ClN3/c1-11(2)12-7-13-9-20(19-16(13)15(17)8-12)10-14-5-3-4-6-18-14/h3-9,11H,10H2,1-2H3. The summed E-state index contributed by atoms with van der Waals surface area (Å²) in [5.41, 5.74) is 3.08. The van der Waals surface area contributed by atoms with Crippen LogP contribution in [0.2, 0.25) is 5.02 Å². The fraction of sp³-hybridized carbons (Fsp3) is 0.250. The molecule has 0 amide bonds. The molecule has 0 saturated heterocycles. The van der Waals surface area contributed by atoms with Crippen LogP contribution in [-0.2, 0) is 6.54 Å². The predicted octanol–water partition coefficient (Wildman–Crippen LogP) is 4.26. The number of rotatable bonds is 3. The Morgan fingerprint density at radius 3 is 2.80 bits per heavy atom. The number of nitrogens with zero attached hydrogens (tertiary/aromatic N) is 3. The number of hydrogen-bond acceptors (Lipinski definition) is 2. The highest BCUT2D eigenvalue weighted by atomic mass is 35.5. The van der Waals surface area contributed by atoms with E-state index >= 15 is 0 Å². The molecule has 4 heteroatoms. The van der Waals surface area contributed by atoms with E-state index < -0.39 is 0 Å². The summed E-state index contributed by atoms with van der Waals surface area (Å²) in [5.74, 6) is 0.455. The van der Waals surface area contributed by atoms with Crippen LogP contribution in [0.15, 0.2) is 42.7 Å². The maximum absolute atomic E-state index is 6.33. The molecule has 0 bridgehead atoms. The molecule has 102 valence electrons. The van der Waals surface area contributed by atoms with E-state index in [1.54, 1.807) is 6.20 Å².